The van der Waals surface area contributed by atoms with Gasteiger partial charge in [-0.2, -0.15) is 18.0 Å². The topological polar surface area (TPSA) is 117 Å². The average Bonchev–Trinajstić information content (AvgIpc) is 2.71. The van der Waals surface area contributed by atoms with Gasteiger partial charge in [-0.1, -0.05) is 6.42 Å². The Labute approximate surface area is 191 Å². The van der Waals surface area contributed by atoms with Crippen molar-refractivity contribution >= 4 is 15.9 Å². The number of nitrogens with one attached hydrogen (secondary N) is 1. The first-order chi connectivity index (χ1) is 15.7. The smallest absolute Gasteiger partial charge is 0.301 e. The predicted octanol–water partition coefficient (Wildman–Crippen LogP) is 1.87. The van der Waals surface area contributed by atoms with E-state index in [1.54, 1.807) is 7.05 Å². The molecule has 1 atom stereocenters. The molecule has 1 aliphatic heterocycles. The third kappa shape index (κ3) is 3.77. The van der Waals surface area contributed by atoms with Gasteiger partial charge in [-0.15, -0.1) is 0 Å². The largest absolute Gasteiger partial charge is 0.486 e. The van der Waals surface area contributed by atoms with E-state index in [1.165, 1.54) is 21.3 Å². The van der Waals surface area contributed by atoms with Crippen LogP contribution >= 0.6 is 0 Å². The lowest BCUT2D eigenvalue weighted by atomic mass is 9.65. The molecule has 1 aromatic carbocycles. The fourth-order valence-electron chi connectivity index (χ4n) is 4.88. The highest BCUT2D eigenvalue weighted by molar-refractivity contribution is 7.90. The Bertz CT molecular complexity index is 1320. The second-order valence-electron chi connectivity index (χ2n) is 9.21. The summed E-state index contributed by atoms with van der Waals surface area (Å²) in [7, 11) is -2.26. The van der Waals surface area contributed by atoms with Crippen molar-refractivity contribution < 1.29 is 17.5 Å². The molecule has 1 unspecified atom stereocenters. The minimum absolute atomic E-state index is 0.0303. The number of hydrogen-bond donors (Lipinski definition) is 1. The van der Waals surface area contributed by atoms with Gasteiger partial charge >= 0.3 is 10.2 Å². The van der Waals surface area contributed by atoms with E-state index in [0.717, 1.165) is 25.3 Å². The van der Waals surface area contributed by atoms with Crippen LogP contribution in [-0.2, 0) is 30.1 Å². The number of aromatic nitrogens is 2. The summed E-state index contributed by atoms with van der Waals surface area (Å²) >= 11 is 0. The molecule has 1 saturated carbocycles. The lowest BCUT2D eigenvalue weighted by molar-refractivity contribution is -0.00752. The Morgan fingerprint density at radius 1 is 1.33 bits per heavy atom. The van der Waals surface area contributed by atoms with Crippen molar-refractivity contribution in [3.05, 3.63) is 51.5 Å². The highest BCUT2D eigenvalue weighted by Crippen LogP contribution is 2.49. The normalized spacial score (nSPS) is 21.4. The van der Waals surface area contributed by atoms with Gasteiger partial charge in [0.25, 0.3) is 5.56 Å². The summed E-state index contributed by atoms with van der Waals surface area (Å²) in [5.41, 5.74) is 0.871. The van der Waals surface area contributed by atoms with Crippen LogP contribution in [0.5, 0.6) is 5.75 Å². The van der Waals surface area contributed by atoms with E-state index in [9.17, 15) is 22.9 Å². The molecule has 2 fully saturated rings. The lowest BCUT2D eigenvalue weighted by Gasteiger charge is -2.54. The van der Waals surface area contributed by atoms with Crippen LogP contribution in [0.1, 0.15) is 42.5 Å². The van der Waals surface area contributed by atoms with E-state index >= 15 is 0 Å². The first kappa shape index (κ1) is 21.9. The Hall–Kier alpha value is -2.97. The summed E-state index contributed by atoms with van der Waals surface area (Å²) < 4.78 is 51.3. The second kappa shape index (κ2) is 7.81. The molecule has 0 amide bonds. The molecule has 1 saturated heterocycles. The number of ether oxygens (including phenoxy) is 1. The summed E-state index contributed by atoms with van der Waals surface area (Å²) in [6, 6.07) is 4.19. The number of aryl methyl sites for hydroxylation is 2. The number of nitrogens with zero attached hydrogens (tertiary/aromatic N) is 4. The maximum atomic E-state index is 14.7. The SMILES string of the molecule is Cn1cnc2c(c1=O)CC(Oc1c(F)ccc(NS(=O)(=O)N3CC4(CCC4)C3)c1C#N)CC2. The van der Waals surface area contributed by atoms with Crippen molar-refractivity contribution in [2.75, 3.05) is 17.8 Å². The van der Waals surface area contributed by atoms with Crippen molar-refractivity contribution in [1.29, 1.82) is 5.26 Å². The zero-order valence-electron chi connectivity index (χ0n) is 18.2. The van der Waals surface area contributed by atoms with Crippen LogP contribution in [0.15, 0.2) is 23.3 Å². The van der Waals surface area contributed by atoms with Crippen molar-refractivity contribution in [1.82, 2.24) is 13.9 Å². The molecule has 9 nitrogen and oxygen atoms in total. The van der Waals surface area contributed by atoms with Gasteiger partial charge in [-0.25, -0.2) is 9.37 Å². The molecule has 174 valence electrons. The van der Waals surface area contributed by atoms with Gasteiger partial charge in [-0.05, 0) is 43.2 Å². The zero-order chi connectivity index (χ0) is 23.4. The Balaban J connectivity index is 1.38. The Kier molecular flexibility index (Phi) is 5.17. The van der Waals surface area contributed by atoms with Crippen LogP contribution < -0.4 is 15.0 Å². The van der Waals surface area contributed by atoms with Gasteiger partial charge in [0, 0.05) is 32.1 Å². The number of rotatable bonds is 5. The molecule has 5 rings (SSSR count). The molecule has 1 N–H and O–H groups in total. The Morgan fingerprint density at radius 3 is 2.76 bits per heavy atom. The third-order valence-electron chi connectivity index (χ3n) is 6.97. The molecule has 11 heteroatoms. The quantitative estimate of drug-likeness (QED) is 0.709. The maximum Gasteiger partial charge on any atom is 0.301 e. The van der Waals surface area contributed by atoms with Crippen LogP contribution in [0.4, 0.5) is 10.1 Å². The monoisotopic (exact) mass is 473 g/mol. The molecular formula is C22H24FN5O4S. The van der Waals surface area contributed by atoms with E-state index in [2.05, 4.69) is 9.71 Å². The summed E-state index contributed by atoms with van der Waals surface area (Å²) in [4.78, 5) is 16.7. The van der Waals surface area contributed by atoms with E-state index in [-0.39, 0.29) is 34.4 Å². The van der Waals surface area contributed by atoms with Crippen LogP contribution in [-0.4, -0.2) is 41.5 Å². The minimum atomic E-state index is -3.87. The van der Waals surface area contributed by atoms with Gasteiger partial charge in [0.1, 0.15) is 17.7 Å². The van der Waals surface area contributed by atoms with Crippen LogP contribution in [0.3, 0.4) is 0 Å². The molecule has 33 heavy (non-hydrogen) atoms. The van der Waals surface area contributed by atoms with E-state index in [1.807, 2.05) is 6.07 Å². The number of fused-ring (bicyclic) bond motifs is 1. The van der Waals surface area contributed by atoms with Crippen molar-refractivity contribution in [3.63, 3.8) is 0 Å². The maximum absolute atomic E-state index is 14.7. The molecule has 2 aliphatic carbocycles. The highest BCUT2D eigenvalue weighted by Gasteiger charge is 2.51. The number of anilines is 1. The van der Waals surface area contributed by atoms with Crippen LogP contribution in [0.25, 0.3) is 0 Å². The van der Waals surface area contributed by atoms with Crippen molar-refractivity contribution in [2.24, 2.45) is 12.5 Å². The number of halogens is 1. The molecule has 0 radical (unpaired) electrons. The van der Waals surface area contributed by atoms with E-state index in [0.29, 0.717) is 37.2 Å². The predicted molar refractivity (Wildman–Crippen MR) is 117 cm³/mol. The van der Waals surface area contributed by atoms with E-state index in [4.69, 9.17) is 4.74 Å². The van der Waals surface area contributed by atoms with Gasteiger partial charge in [0.2, 0.25) is 0 Å². The number of nitriles is 1. The third-order valence-corrected chi connectivity index (χ3v) is 8.39. The summed E-state index contributed by atoms with van der Waals surface area (Å²) in [5, 5.41) is 9.72. The molecule has 0 bridgehead atoms. The van der Waals surface area contributed by atoms with Gasteiger partial charge in [-0.3, -0.25) is 9.52 Å². The standard InChI is InChI=1S/C22H24FN5O4S/c1-27-13-25-18-5-3-14(9-15(18)21(27)29)32-20-16(10-24)19(6-4-17(20)23)26-33(30,31)28-11-22(12-28)7-2-8-22/h4,6,13-14,26H,2-3,5,7-9,11-12H2,1H3. The van der Waals surface area contributed by atoms with Crippen LogP contribution in [0.2, 0.25) is 0 Å². The van der Waals surface area contributed by atoms with Crippen molar-refractivity contribution in [2.45, 2.75) is 44.6 Å². The molecule has 1 aromatic heterocycles. The highest BCUT2D eigenvalue weighted by atomic mass is 32.2. The lowest BCUT2D eigenvalue weighted by Crippen LogP contribution is -2.62. The fraction of sp³-hybridized carbons (Fsp3) is 0.500. The first-order valence-electron chi connectivity index (χ1n) is 10.9. The number of hydrogen-bond acceptors (Lipinski definition) is 6. The molecule has 1 spiro atoms. The zero-order valence-corrected chi connectivity index (χ0v) is 19.0. The Morgan fingerprint density at radius 2 is 2.09 bits per heavy atom. The van der Waals surface area contributed by atoms with Gasteiger partial charge in [0.05, 0.1) is 17.7 Å². The number of benzene rings is 1. The van der Waals surface area contributed by atoms with E-state index < -0.39 is 22.1 Å². The van der Waals surface area contributed by atoms with Crippen LogP contribution in [0, 0.1) is 22.6 Å². The minimum Gasteiger partial charge on any atom is -0.486 e. The van der Waals surface area contributed by atoms with Crippen molar-refractivity contribution in [3.8, 4) is 11.8 Å². The molecular weight excluding hydrogens is 449 g/mol. The molecule has 2 heterocycles. The van der Waals surface area contributed by atoms with Gasteiger partial charge < -0.3 is 9.30 Å². The fourth-order valence-corrected chi connectivity index (χ4v) is 6.34. The first-order valence-corrected chi connectivity index (χ1v) is 12.4. The molecule has 2 aromatic rings. The summed E-state index contributed by atoms with van der Waals surface area (Å²) in [5.74, 6) is -1.08. The second-order valence-corrected chi connectivity index (χ2v) is 10.9. The molecule has 3 aliphatic rings. The average molecular weight is 474 g/mol. The summed E-state index contributed by atoms with van der Waals surface area (Å²) in [6.07, 6.45) is 5.30. The summed E-state index contributed by atoms with van der Waals surface area (Å²) in [6.45, 7) is 0.915. The van der Waals surface area contributed by atoms with Gasteiger partial charge in [0.15, 0.2) is 11.6 Å².